The summed E-state index contributed by atoms with van der Waals surface area (Å²) in [4.78, 5) is 27.8. The minimum Gasteiger partial charge on any atom is -0.357 e. The smallest absolute Gasteiger partial charge is 0.257 e. The molecule has 0 saturated carbocycles. The van der Waals surface area contributed by atoms with E-state index in [2.05, 4.69) is 20.5 Å². The van der Waals surface area contributed by atoms with Gasteiger partial charge in [0.05, 0.1) is 0 Å². The van der Waals surface area contributed by atoms with E-state index in [0.717, 1.165) is 16.8 Å². The van der Waals surface area contributed by atoms with Crippen molar-refractivity contribution in [2.75, 3.05) is 5.32 Å². The highest BCUT2D eigenvalue weighted by Gasteiger charge is 2.12. The van der Waals surface area contributed by atoms with Gasteiger partial charge in [-0.25, -0.2) is 0 Å². The Bertz CT molecular complexity index is 1220. The molecule has 0 spiro atoms. The summed E-state index contributed by atoms with van der Waals surface area (Å²) in [6.45, 7) is 1.89. The predicted molar refractivity (Wildman–Crippen MR) is 113 cm³/mol. The minimum absolute atomic E-state index is 0.00611. The number of rotatable bonds is 5. The molecule has 6 nitrogen and oxygen atoms in total. The number of hydrogen-bond acceptors (Lipinski definition) is 6. The number of pyridine rings is 1. The van der Waals surface area contributed by atoms with Gasteiger partial charge < -0.3 is 4.98 Å². The van der Waals surface area contributed by atoms with Gasteiger partial charge in [0.25, 0.3) is 5.91 Å². The fourth-order valence-corrected chi connectivity index (χ4v) is 4.43. The molecule has 0 unspecified atom stereocenters. The molecule has 4 aromatic rings. The van der Waals surface area contributed by atoms with Gasteiger partial charge in [-0.2, -0.15) is 0 Å². The Morgan fingerprint density at radius 2 is 1.93 bits per heavy atom. The Labute approximate surface area is 169 Å². The van der Waals surface area contributed by atoms with Crippen LogP contribution < -0.4 is 10.7 Å². The van der Waals surface area contributed by atoms with E-state index < -0.39 is 0 Å². The van der Waals surface area contributed by atoms with Crippen LogP contribution in [0.2, 0.25) is 0 Å². The second kappa shape index (κ2) is 7.95. The normalized spacial score (nSPS) is 10.9. The summed E-state index contributed by atoms with van der Waals surface area (Å²) >= 11 is 2.77. The number of H-pyrrole nitrogens is 1. The van der Waals surface area contributed by atoms with Gasteiger partial charge in [-0.3, -0.25) is 14.9 Å². The van der Waals surface area contributed by atoms with Crippen LogP contribution >= 0.6 is 23.1 Å². The molecule has 0 bridgehead atoms. The van der Waals surface area contributed by atoms with Crippen LogP contribution in [0.15, 0.2) is 63.7 Å². The number of nitrogens with zero attached hydrogens (tertiary/aromatic N) is 2. The summed E-state index contributed by atoms with van der Waals surface area (Å²) in [5, 5.41) is 12.1. The maximum atomic E-state index is 12.4. The number of anilines is 1. The van der Waals surface area contributed by atoms with Crippen LogP contribution in [0.3, 0.4) is 0 Å². The fraction of sp³-hybridized carbons (Fsp3) is 0.100. The van der Waals surface area contributed by atoms with E-state index in [0.29, 0.717) is 26.2 Å². The minimum atomic E-state index is -0.204. The zero-order valence-electron chi connectivity index (χ0n) is 14.9. The van der Waals surface area contributed by atoms with E-state index in [-0.39, 0.29) is 11.3 Å². The molecular formula is C20H16N4O2S2. The first-order valence-electron chi connectivity index (χ1n) is 8.54. The first-order chi connectivity index (χ1) is 13.6. The van der Waals surface area contributed by atoms with Crippen LogP contribution in [0.25, 0.3) is 10.9 Å². The van der Waals surface area contributed by atoms with Crippen molar-refractivity contribution in [2.24, 2.45) is 0 Å². The van der Waals surface area contributed by atoms with Gasteiger partial charge in [-0.15, -0.1) is 10.2 Å². The number of benzene rings is 2. The van der Waals surface area contributed by atoms with Crippen LogP contribution in [0, 0.1) is 6.92 Å². The molecule has 140 valence electrons. The van der Waals surface area contributed by atoms with Gasteiger partial charge in [0.2, 0.25) is 5.13 Å². The van der Waals surface area contributed by atoms with Crippen LogP contribution in [0.5, 0.6) is 0 Å². The molecule has 0 atom stereocenters. The van der Waals surface area contributed by atoms with E-state index >= 15 is 0 Å². The molecule has 8 heteroatoms. The molecule has 0 aliphatic heterocycles. The number of carbonyl (C=O) groups is 1. The van der Waals surface area contributed by atoms with Crippen LogP contribution in [0.1, 0.15) is 21.6 Å². The van der Waals surface area contributed by atoms with Crippen molar-refractivity contribution in [3.63, 3.8) is 0 Å². The number of aromatic amines is 1. The number of aromatic nitrogens is 3. The summed E-state index contributed by atoms with van der Waals surface area (Å²) in [6.07, 6.45) is 0. The summed E-state index contributed by atoms with van der Waals surface area (Å²) in [5.41, 5.74) is 3.14. The fourth-order valence-electron chi connectivity index (χ4n) is 2.78. The number of amides is 1. The van der Waals surface area contributed by atoms with Gasteiger partial charge in [0, 0.05) is 34.0 Å². The van der Waals surface area contributed by atoms with E-state index in [1.54, 1.807) is 18.2 Å². The number of para-hydroxylation sites is 1. The zero-order chi connectivity index (χ0) is 19.5. The molecule has 0 aliphatic rings. The quantitative estimate of drug-likeness (QED) is 0.381. The van der Waals surface area contributed by atoms with Crippen LogP contribution in [-0.2, 0) is 5.75 Å². The molecule has 2 aromatic heterocycles. The van der Waals surface area contributed by atoms with Crippen molar-refractivity contribution < 1.29 is 4.79 Å². The summed E-state index contributed by atoms with van der Waals surface area (Å²) in [6, 6.07) is 16.4. The molecule has 0 fully saturated rings. The molecule has 2 heterocycles. The molecule has 4 rings (SSSR count). The number of carbonyl (C=O) groups excluding carboxylic acids is 1. The third-order valence-electron chi connectivity index (χ3n) is 4.16. The molecule has 0 aliphatic carbocycles. The molecule has 0 saturated heterocycles. The third-order valence-corrected chi connectivity index (χ3v) is 6.18. The molecule has 1 amide bonds. The number of nitrogens with one attached hydrogen (secondary N) is 2. The maximum Gasteiger partial charge on any atom is 0.257 e. The topological polar surface area (TPSA) is 87.7 Å². The lowest BCUT2D eigenvalue weighted by atomic mass is 10.1. The van der Waals surface area contributed by atoms with E-state index in [9.17, 15) is 9.59 Å². The monoisotopic (exact) mass is 408 g/mol. The van der Waals surface area contributed by atoms with Gasteiger partial charge >= 0.3 is 0 Å². The highest BCUT2D eigenvalue weighted by atomic mass is 32.2. The van der Waals surface area contributed by atoms with Gasteiger partial charge in [0.1, 0.15) is 0 Å². The molecule has 0 radical (unpaired) electrons. The lowest BCUT2D eigenvalue weighted by molar-refractivity contribution is 0.102. The molecule has 2 aromatic carbocycles. The first kappa shape index (κ1) is 18.4. The average Bonchev–Trinajstić information content (AvgIpc) is 3.14. The van der Waals surface area contributed by atoms with E-state index in [4.69, 9.17) is 0 Å². The lowest BCUT2D eigenvalue weighted by Gasteiger charge is -2.04. The summed E-state index contributed by atoms with van der Waals surface area (Å²) in [7, 11) is 0. The number of hydrogen-bond donors (Lipinski definition) is 2. The number of fused-ring (bicyclic) bond motifs is 1. The van der Waals surface area contributed by atoms with E-state index in [1.165, 1.54) is 23.1 Å². The largest absolute Gasteiger partial charge is 0.357 e. The van der Waals surface area contributed by atoms with Crippen molar-refractivity contribution in [1.29, 1.82) is 0 Å². The standard InChI is InChI=1S/C20H16N4O2S2/c1-12-6-2-3-7-14(12)18(26)22-19-23-24-20(28-19)27-11-13-10-17(25)15-8-4-5-9-16(15)21-13/h2-10H,11H2,1H3,(H,21,25)(H,22,23,26). The Balaban J connectivity index is 1.43. The van der Waals surface area contributed by atoms with Crippen molar-refractivity contribution in [1.82, 2.24) is 15.2 Å². The van der Waals surface area contributed by atoms with Crippen molar-refractivity contribution in [3.8, 4) is 0 Å². The Hall–Kier alpha value is -2.97. The predicted octanol–water partition coefficient (Wildman–Crippen LogP) is 4.23. The van der Waals surface area contributed by atoms with Gasteiger partial charge in [0.15, 0.2) is 9.77 Å². The molecule has 28 heavy (non-hydrogen) atoms. The lowest BCUT2D eigenvalue weighted by Crippen LogP contribution is -2.12. The van der Waals surface area contributed by atoms with Crippen LogP contribution in [0.4, 0.5) is 5.13 Å². The van der Waals surface area contributed by atoms with Gasteiger partial charge in [-0.05, 0) is 30.7 Å². The SMILES string of the molecule is Cc1ccccc1C(=O)Nc1nnc(SCc2cc(=O)c3ccccc3[nH]2)s1. The number of aryl methyl sites for hydroxylation is 1. The summed E-state index contributed by atoms with van der Waals surface area (Å²) in [5.74, 6) is 0.352. The maximum absolute atomic E-state index is 12.4. The first-order valence-corrected chi connectivity index (χ1v) is 10.3. The van der Waals surface area contributed by atoms with Crippen molar-refractivity contribution in [2.45, 2.75) is 17.0 Å². The van der Waals surface area contributed by atoms with Crippen molar-refractivity contribution in [3.05, 3.63) is 81.6 Å². The summed E-state index contributed by atoms with van der Waals surface area (Å²) < 4.78 is 0.717. The highest BCUT2D eigenvalue weighted by Crippen LogP contribution is 2.28. The molecule has 2 N–H and O–H groups in total. The second-order valence-corrected chi connectivity index (χ2v) is 8.34. The average molecular weight is 409 g/mol. The second-order valence-electron chi connectivity index (χ2n) is 6.14. The Kier molecular flexibility index (Phi) is 5.23. The van der Waals surface area contributed by atoms with E-state index in [1.807, 2.05) is 43.3 Å². The Morgan fingerprint density at radius 3 is 2.79 bits per heavy atom. The third kappa shape index (κ3) is 3.97. The van der Waals surface area contributed by atoms with Crippen molar-refractivity contribution >= 4 is 45.0 Å². The molecular weight excluding hydrogens is 392 g/mol. The van der Waals surface area contributed by atoms with Gasteiger partial charge in [-0.1, -0.05) is 53.4 Å². The van der Waals surface area contributed by atoms with Crippen LogP contribution in [-0.4, -0.2) is 21.1 Å². The Morgan fingerprint density at radius 1 is 1.14 bits per heavy atom. The highest BCUT2D eigenvalue weighted by molar-refractivity contribution is 8.00. The zero-order valence-corrected chi connectivity index (χ0v) is 16.6. The number of thioether (sulfide) groups is 1.